The van der Waals surface area contributed by atoms with Crippen molar-refractivity contribution in [3.8, 4) is 16.9 Å². The second-order valence-corrected chi connectivity index (χ2v) is 7.27. The molecule has 0 aromatic heterocycles. The van der Waals surface area contributed by atoms with Gasteiger partial charge in [0.2, 0.25) is 0 Å². The second kappa shape index (κ2) is 8.03. The average molecular weight is 336 g/mol. The Morgan fingerprint density at radius 2 is 1.84 bits per heavy atom. The van der Waals surface area contributed by atoms with E-state index < -0.39 is 0 Å². The molecule has 2 aliphatic rings. The van der Waals surface area contributed by atoms with Gasteiger partial charge in [0, 0.05) is 18.2 Å². The fourth-order valence-electron chi connectivity index (χ4n) is 4.18. The molecule has 4 rings (SSSR count). The van der Waals surface area contributed by atoms with Gasteiger partial charge in [0.15, 0.2) is 5.75 Å². The number of para-hydroxylation sites is 1. The predicted molar refractivity (Wildman–Crippen MR) is 103 cm³/mol. The van der Waals surface area contributed by atoms with Crippen molar-refractivity contribution in [3.05, 3.63) is 54.1 Å². The Morgan fingerprint density at radius 1 is 0.920 bits per heavy atom. The molecule has 3 nitrogen and oxygen atoms in total. The third-order valence-electron chi connectivity index (χ3n) is 5.55. The van der Waals surface area contributed by atoms with E-state index in [1.807, 2.05) is 12.1 Å². The lowest BCUT2D eigenvalue weighted by Gasteiger charge is -2.24. The Kier molecular flexibility index (Phi) is 5.34. The quantitative estimate of drug-likeness (QED) is 0.770. The number of benzene rings is 2. The summed E-state index contributed by atoms with van der Waals surface area (Å²) >= 11 is 0. The highest BCUT2D eigenvalue weighted by molar-refractivity contribution is 5.70. The average Bonchev–Trinajstić information content (AvgIpc) is 3.10. The van der Waals surface area contributed by atoms with Crippen LogP contribution in [0.3, 0.4) is 0 Å². The molecule has 2 bridgehead atoms. The second-order valence-electron chi connectivity index (χ2n) is 7.27. The molecule has 2 aromatic rings. The largest absolute Gasteiger partial charge is 0.408 e. The summed E-state index contributed by atoms with van der Waals surface area (Å²) in [4.78, 5) is 8.59. The fourth-order valence-corrected chi connectivity index (χ4v) is 4.18. The van der Waals surface area contributed by atoms with E-state index in [2.05, 4.69) is 46.8 Å². The number of nitrogens with one attached hydrogen (secondary N) is 1. The van der Waals surface area contributed by atoms with Crippen LogP contribution in [0.1, 0.15) is 37.7 Å². The third-order valence-corrected chi connectivity index (χ3v) is 5.55. The van der Waals surface area contributed by atoms with Gasteiger partial charge in [-0.15, -0.1) is 0 Å². The number of aryl methyl sites for hydroxylation is 1. The molecule has 1 saturated heterocycles. The summed E-state index contributed by atoms with van der Waals surface area (Å²) in [6.45, 7) is 3.40. The van der Waals surface area contributed by atoms with Crippen molar-refractivity contribution in [2.24, 2.45) is 0 Å². The van der Waals surface area contributed by atoms with Crippen LogP contribution in [0.2, 0.25) is 0 Å². The van der Waals surface area contributed by atoms with Gasteiger partial charge >= 0.3 is 0 Å². The van der Waals surface area contributed by atoms with Crippen molar-refractivity contribution < 1.29 is 4.84 Å². The van der Waals surface area contributed by atoms with Gasteiger partial charge in [-0.25, -0.2) is 0 Å². The first-order valence-corrected chi connectivity index (χ1v) is 9.72. The normalized spacial score (nSPS) is 22.2. The summed E-state index contributed by atoms with van der Waals surface area (Å²) in [6.07, 6.45) is 7.56. The Balaban J connectivity index is 1.60. The molecule has 132 valence electrons. The molecule has 25 heavy (non-hydrogen) atoms. The Morgan fingerprint density at radius 3 is 2.84 bits per heavy atom. The summed E-state index contributed by atoms with van der Waals surface area (Å²) < 4.78 is 0. The summed E-state index contributed by atoms with van der Waals surface area (Å²) in [5, 5.41) is 0. The standard InChI is InChI=1S/C22H28N2O/c1-2-11-22-21(10-1)19-8-5-7-18(17-19)12-13-20-9-6-16-24(20)15-4-3-14-23-25-22/h1-2,5,7-8,10-11,17,20,23H,3-4,6,9,12-16H2. The van der Waals surface area contributed by atoms with Gasteiger partial charge in [0.1, 0.15) is 0 Å². The van der Waals surface area contributed by atoms with Crippen LogP contribution >= 0.6 is 0 Å². The molecule has 0 aliphatic carbocycles. The van der Waals surface area contributed by atoms with Gasteiger partial charge in [0.25, 0.3) is 0 Å². The zero-order chi connectivity index (χ0) is 16.9. The Bertz CT molecular complexity index is 700. The summed E-state index contributed by atoms with van der Waals surface area (Å²) in [6, 6.07) is 18.0. The van der Waals surface area contributed by atoms with Crippen molar-refractivity contribution in [2.75, 3.05) is 19.6 Å². The maximum atomic E-state index is 5.88. The molecular formula is C22H28N2O. The molecule has 1 atom stereocenters. The van der Waals surface area contributed by atoms with E-state index in [0.717, 1.165) is 36.7 Å². The van der Waals surface area contributed by atoms with E-state index in [1.54, 1.807) is 0 Å². The van der Waals surface area contributed by atoms with E-state index in [1.165, 1.54) is 49.9 Å². The molecule has 3 heteroatoms. The topological polar surface area (TPSA) is 24.5 Å². The van der Waals surface area contributed by atoms with Crippen LogP contribution in [0.4, 0.5) is 0 Å². The molecule has 0 spiro atoms. The van der Waals surface area contributed by atoms with Gasteiger partial charge in [-0.2, -0.15) is 5.48 Å². The number of nitrogens with zero attached hydrogens (tertiary/aromatic N) is 1. The van der Waals surface area contributed by atoms with Crippen LogP contribution in [0.25, 0.3) is 11.1 Å². The lowest BCUT2D eigenvalue weighted by atomic mass is 9.98. The Labute approximate surface area is 151 Å². The minimum absolute atomic E-state index is 0.769. The summed E-state index contributed by atoms with van der Waals surface area (Å²) in [5.74, 6) is 0.912. The van der Waals surface area contributed by atoms with Crippen molar-refractivity contribution in [1.82, 2.24) is 10.4 Å². The van der Waals surface area contributed by atoms with Crippen LogP contribution in [0.15, 0.2) is 48.5 Å². The van der Waals surface area contributed by atoms with E-state index in [0.29, 0.717) is 0 Å². The summed E-state index contributed by atoms with van der Waals surface area (Å²) in [5.41, 5.74) is 7.00. The van der Waals surface area contributed by atoms with Crippen LogP contribution in [0.5, 0.6) is 5.75 Å². The van der Waals surface area contributed by atoms with E-state index in [9.17, 15) is 0 Å². The monoisotopic (exact) mass is 336 g/mol. The fraction of sp³-hybridized carbons (Fsp3) is 0.455. The van der Waals surface area contributed by atoms with Crippen molar-refractivity contribution in [3.63, 3.8) is 0 Å². The van der Waals surface area contributed by atoms with Crippen molar-refractivity contribution >= 4 is 0 Å². The minimum Gasteiger partial charge on any atom is -0.408 e. The Hall–Kier alpha value is -1.84. The van der Waals surface area contributed by atoms with Gasteiger partial charge in [-0.1, -0.05) is 42.5 Å². The smallest absolute Gasteiger partial charge is 0.154 e. The van der Waals surface area contributed by atoms with E-state index >= 15 is 0 Å². The highest BCUT2D eigenvalue weighted by Gasteiger charge is 2.23. The van der Waals surface area contributed by atoms with Gasteiger partial charge in [-0.3, -0.25) is 0 Å². The van der Waals surface area contributed by atoms with Gasteiger partial charge in [0.05, 0.1) is 0 Å². The van der Waals surface area contributed by atoms with Crippen LogP contribution in [-0.2, 0) is 6.42 Å². The lowest BCUT2D eigenvalue weighted by molar-refractivity contribution is 0.188. The molecule has 0 saturated carbocycles. The molecular weight excluding hydrogens is 308 g/mol. The predicted octanol–water partition coefficient (Wildman–Crippen LogP) is 4.43. The zero-order valence-electron chi connectivity index (χ0n) is 14.9. The maximum absolute atomic E-state index is 5.88. The highest BCUT2D eigenvalue weighted by Crippen LogP contribution is 2.31. The number of hydrogen-bond donors (Lipinski definition) is 1. The van der Waals surface area contributed by atoms with E-state index in [4.69, 9.17) is 4.84 Å². The first kappa shape index (κ1) is 16.6. The van der Waals surface area contributed by atoms with Crippen molar-refractivity contribution in [1.29, 1.82) is 0 Å². The highest BCUT2D eigenvalue weighted by atomic mass is 16.6. The molecule has 0 radical (unpaired) electrons. The van der Waals surface area contributed by atoms with Crippen LogP contribution in [0, 0.1) is 0 Å². The first-order valence-electron chi connectivity index (χ1n) is 9.72. The zero-order valence-corrected chi connectivity index (χ0v) is 14.9. The van der Waals surface area contributed by atoms with Crippen LogP contribution < -0.4 is 10.3 Å². The van der Waals surface area contributed by atoms with Crippen LogP contribution in [-0.4, -0.2) is 30.6 Å². The minimum atomic E-state index is 0.769. The molecule has 2 aromatic carbocycles. The molecule has 2 heterocycles. The lowest BCUT2D eigenvalue weighted by Crippen LogP contribution is -2.31. The molecule has 2 aliphatic heterocycles. The summed E-state index contributed by atoms with van der Waals surface area (Å²) in [7, 11) is 0. The molecule has 1 N–H and O–H groups in total. The van der Waals surface area contributed by atoms with E-state index in [-0.39, 0.29) is 0 Å². The molecule has 1 unspecified atom stereocenters. The SMILES string of the molecule is c1cc2cc(c1)-c1ccccc1ONCCCCN1CCCC1CC2. The first-order chi connectivity index (χ1) is 12.4. The number of fused-ring (bicyclic) bond motifs is 5. The number of hydroxylamine groups is 1. The molecule has 1 fully saturated rings. The van der Waals surface area contributed by atoms with Crippen molar-refractivity contribution in [2.45, 2.75) is 44.6 Å². The third kappa shape index (κ3) is 4.05. The van der Waals surface area contributed by atoms with Gasteiger partial charge < -0.3 is 9.74 Å². The molecule has 0 amide bonds. The maximum Gasteiger partial charge on any atom is 0.154 e. The van der Waals surface area contributed by atoms with Gasteiger partial charge in [-0.05, 0) is 68.8 Å². The number of hydrogen-bond acceptors (Lipinski definition) is 3. The number of rotatable bonds is 0.